The first-order valence-corrected chi connectivity index (χ1v) is 6.20. The molecule has 0 spiro atoms. The van der Waals surface area contributed by atoms with E-state index in [4.69, 9.17) is 23.2 Å². The largest absolute Gasteiger partial charge is 0.122 e. The normalized spacial score (nSPS) is 15.3. The fourth-order valence-corrected chi connectivity index (χ4v) is 2.17. The SMILES string of the molecule is CC(C)C(C)C(Cl)Cc1cccc(Cl)c1. The fraction of sp³-hybridized carbons (Fsp3) is 0.538. The van der Waals surface area contributed by atoms with E-state index in [0.29, 0.717) is 11.8 Å². The van der Waals surface area contributed by atoms with Crippen LogP contribution in [0.4, 0.5) is 0 Å². The smallest absolute Gasteiger partial charge is 0.0408 e. The topological polar surface area (TPSA) is 0 Å². The van der Waals surface area contributed by atoms with Crippen molar-refractivity contribution in [3.8, 4) is 0 Å². The molecule has 0 aromatic heterocycles. The van der Waals surface area contributed by atoms with Gasteiger partial charge in [0, 0.05) is 10.4 Å². The third kappa shape index (κ3) is 4.04. The minimum atomic E-state index is 0.184. The van der Waals surface area contributed by atoms with Crippen molar-refractivity contribution >= 4 is 23.2 Å². The van der Waals surface area contributed by atoms with Gasteiger partial charge < -0.3 is 0 Å². The second kappa shape index (κ2) is 5.77. The second-order valence-corrected chi connectivity index (χ2v) is 5.45. The highest BCUT2D eigenvalue weighted by molar-refractivity contribution is 6.30. The summed E-state index contributed by atoms with van der Waals surface area (Å²) in [4.78, 5) is 0. The summed E-state index contributed by atoms with van der Waals surface area (Å²) in [6.45, 7) is 6.61. The lowest BCUT2D eigenvalue weighted by Crippen LogP contribution is -2.19. The van der Waals surface area contributed by atoms with E-state index < -0.39 is 0 Å². The molecule has 0 aliphatic carbocycles. The number of hydrogen-bond donors (Lipinski definition) is 0. The van der Waals surface area contributed by atoms with Crippen molar-refractivity contribution in [3.63, 3.8) is 0 Å². The monoisotopic (exact) mass is 244 g/mol. The van der Waals surface area contributed by atoms with E-state index in [2.05, 4.69) is 26.8 Å². The third-order valence-electron chi connectivity index (χ3n) is 2.94. The van der Waals surface area contributed by atoms with Gasteiger partial charge >= 0.3 is 0 Å². The predicted octanol–water partition coefficient (Wildman–Crippen LogP) is 4.78. The van der Waals surface area contributed by atoms with Gasteiger partial charge in [-0.15, -0.1) is 11.6 Å². The molecule has 0 aliphatic heterocycles. The standard InChI is InChI=1S/C13H18Cl2/c1-9(2)10(3)13(15)8-11-5-4-6-12(14)7-11/h4-7,9-10,13H,8H2,1-3H3. The molecule has 2 atom stereocenters. The van der Waals surface area contributed by atoms with Gasteiger partial charge in [-0.3, -0.25) is 0 Å². The van der Waals surface area contributed by atoms with Crippen molar-refractivity contribution in [1.29, 1.82) is 0 Å². The molecule has 0 fully saturated rings. The van der Waals surface area contributed by atoms with E-state index in [9.17, 15) is 0 Å². The van der Waals surface area contributed by atoms with Gasteiger partial charge in [-0.1, -0.05) is 44.5 Å². The Bertz CT molecular complexity index is 307. The van der Waals surface area contributed by atoms with Crippen molar-refractivity contribution in [2.24, 2.45) is 11.8 Å². The average Bonchev–Trinajstić information content (AvgIpc) is 2.16. The van der Waals surface area contributed by atoms with E-state index in [-0.39, 0.29) is 5.38 Å². The number of halogens is 2. The lowest BCUT2D eigenvalue weighted by atomic mass is 9.91. The molecule has 0 heterocycles. The minimum Gasteiger partial charge on any atom is -0.122 e. The Morgan fingerprint density at radius 3 is 2.40 bits per heavy atom. The predicted molar refractivity (Wildman–Crippen MR) is 68.8 cm³/mol. The van der Waals surface area contributed by atoms with Crippen LogP contribution in [0.2, 0.25) is 5.02 Å². The van der Waals surface area contributed by atoms with Crippen LogP contribution in [0.15, 0.2) is 24.3 Å². The lowest BCUT2D eigenvalue weighted by molar-refractivity contribution is 0.399. The number of alkyl halides is 1. The van der Waals surface area contributed by atoms with E-state index in [0.717, 1.165) is 11.4 Å². The molecule has 1 rings (SSSR count). The minimum absolute atomic E-state index is 0.184. The van der Waals surface area contributed by atoms with Crippen LogP contribution in [0.1, 0.15) is 26.3 Å². The Balaban J connectivity index is 2.62. The summed E-state index contributed by atoms with van der Waals surface area (Å²) in [6.07, 6.45) is 0.890. The summed E-state index contributed by atoms with van der Waals surface area (Å²) in [6, 6.07) is 7.93. The Morgan fingerprint density at radius 2 is 1.87 bits per heavy atom. The lowest BCUT2D eigenvalue weighted by Gasteiger charge is -2.21. The first-order valence-electron chi connectivity index (χ1n) is 5.39. The summed E-state index contributed by atoms with van der Waals surface area (Å²) < 4.78 is 0. The maximum Gasteiger partial charge on any atom is 0.0408 e. The Kier molecular flexibility index (Phi) is 4.95. The van der Waals surface area contributed by atoms with Gasteiger partial charge in [-0.25, -0.2) is 0 Å². The summed E-state index contributed by atoms with van der Waals surface area (Å²) in [5, 5.41) is 0.969. The summed E-state index contributed by atoms with van der Waals surface area (Å²) in [5.41, 5.74) is 1.22. The molecular weight excluding hydrogens is 227 g/mol. The quantitative estimate of drug-likeness (QED) is 0.669. The molecule has 0 bridgehead atoms. The molecule has 0 amide bonds. The molecule has 0 N–H and O–H groups in total. The molecule has 1 aromatic rings. The van der Waals surface area contributed by atoms with E-state index >= 15 is 0 Å². The molecule has 1 aromatic carbocycles. The number of rotatable bonds is 4. The van der Waals surface area contributed by atoms with Crippen LogP contribution < -0.4 is 0 Å². The highest BCUT2D eigenvalue weighted by Crippen LogP contribution is 2.23. The van der Waals surface area contributed by atoms with Gasteiger partial charge in [-0.05, 0) is 36.0 Å². The Hall–Kier alpha value is -0.200. The zero-order valence-electron chi connectivity index (χ0n) is 9.50. The van der Waals surface area contributed by atoms with Crippen LogP contribution in [0.25, 0.3) is 0 Å². The maximum atomic E-state index is 6.37. The molecule has 15 heavy (non-hydrogen) atoms. The molecule has 0 nitrogen and oxygen atoms in total. The third-order valence-corrected chi connectivity index (χ3v) is 3.73. The van der Waals surface area contributed by atoms with Crippen LogP contribution in [-0.2, 0) is 6.42 Å². The van der Waals surface area contributed by atoms with Crippen LogP contribution in [0, 0.1) is 11.8 Å². The average molecular weight is 245 g/mol. The van der Waals surface area contributed by atoms with Gasteiger partial charge in [0.1, 0.15) is 0 Å². The zero-order valence-corrected chi connectivity index (χ0v) is 11.0. The van der Waals surface area contributed by atoms with Gasteiger partial charge in [0.15, 0.2) is 0 Å². The highest BCUT2D eigenvalue weighted by atomic mass is 35.5. The second-order valence-electron chi connectivity index (χ2n) is 4.45. The zero-order chi connectivity index (χ0) is 11.4. The number of hydrogen-bond acceptors (Lipinski definition) is 0. The molecule has 84 valence electrons. The Morgan fingerprint density at radius 1 is 1.20 bits per heavy atom. The molecule has 2 unspecified atom stereocenters. The summed E-state index contributed by atoms with van der Waals surface area (Å²) in [5.74, 6) is 1.14. The van der Waals surface area contributed by atoms with Crippen molar-refractivity contribution in [1.82, 2.24) is 0 Å². The van der Waals surface area contributed by atoms with E-state index in [1.165, 1.54) is 5.56 Å². The first-order chi connectivity index (χ1) is 7.00. The maximum absolute atomic E-state index is 6.37. The molecule has 0 saturated heterocycles. The van der Waals surface area contributed by atoms with Gasteiger partial charge in [0.05, 0.1) is 0 Å². The van der Waals surface area contributed by atoms with Crippen molar-refractivity contribution < 1.29 is 0 Å². The molecule has 0 saturated carbocycles. The van der Waals surface area contributed by atoms with Crippen LogP contribution >= 0.6 is 23.2 Å². The van der Waals surface area contributed by atoms with Crippen molar-refractivity contribution in [2.75, 3.05) is 0 Å². The van der Waals surface area contributed by atoms with Crippen LogP contribution in [0.5, 0.6) is 0 Å². The van der Waals surface area contributed by atoms with Crippen molar-refractivity contribution in [3.05, 3.63) is 34.9 Å². The van der Waals surface area contributed by atoms with Gasteiger partial charge in [-0.2, -0.15) is 0 Å². The molecule has 0 radical (unpaired) electrons. The van der Waals surface area contributed by atoms with Crippen LogP contribution in [0.3, 0.4) is 0 Å². The van der Waals surface area contributed by atoms with E-state index in [1.807, 2.05) is 18.2 Å². The van der Waals surface area contributed by atoms with E-state index in [1.54, 1.807) is 0 Å². The van der Waals surface area contributed by atoms with Crippen molar-refractivity contribution in [2.45, 2.75) is 32.6 Å². The molecular formula is C13H18Cl2. The van der Waals surface area contributed by atoms with Crippen LogP contribution in [-0.4, -0.2) is 5.38 Å². The Labute approximate surface area is 103 Å². The molecule has 2 heteroatoms. The fourth-order valence-electron chi connectivity index (χ4n) is 1.49. The summed E-state index contributed by atoms with van der Waals surface area (Å²) >= 11 is 12.3. The molecule has 0 aliphatic rings. The van der Waals surface area contributed by atoms with Gasteiger partial charge in [0.2, 0.25) is 0 Å². The highest BCUT2D eigenvalue weighted by Gasteiger charge is 2.18. The summed E-state index contributed by atoms with van der Waals surface area (Å²) in [7, 11) is 0. The first kappa shape index (κ1) is 12.9. The number of benzene rings is 1. The van der Waals surface area contributed by atoms with Gasteiger partial charge in [0.25, 0.3) is 0 Å².